The van der Waals surface area contributed by atoms with Crippen molar-refractivity contribution >= 4 is 5.91 Å². The molecule has 0 spiro atoms. The van der Waals surface area contributed by atoms with Crippen LogP contribution in [-0.2, 0) is 4.79 Å². The van der Waals surface area contributed by atoms with Crippen LogP contribution < -0.4 is 5.32 Å². The van der Waals surface area contributed by atoms with Gasteiger partial charge in [0.25, 0.3) is 0 Å². The molecule has 0 aromatic rings. The van der Waals surface area contributed by atoms with Crippen LogP contribution in [0.3, 0.4) is 0 Å². The number of rotatable bonds is 17. The van der Waals surface area contributed by atoms with E-state index in [1.54, 1.807) is 0 Å². The van der Waals surface area contributed by atoms with Crippen LogP contribution in [0.4, 0.5) is 0 Å². The van der Waals surface area contributed by atoms with Gasteiger partial charge in [-0.3, -0.25) is 9.69 Å². The van der Waals surface area contributed by atoms with Gasteiger partial charge in [0.05, 0.1) is 6.61 Å². The van der Waals surface area contributed by atoms with Crippen molar-refractivity contribution in [3.8, 4) is 0 Å². The number of unbranched alkanes of at least 4 members (excludes halogenated alkanes) is 6. The molecule has 0 radical (unpaired) electrons. The number of nitrogens with zero attached hydrogens (tertiary/aromatic N) is 1. The standard InChI is InChI=1S/C20H40N2O2/c1-3-5-7-9-11-13-16-22(18-19-23)17-15-21-20(24)14-12-10-8-6-4-2/h6,8,23H,3-5,7,9-19H2,1-2H3,(H,21,24)/b8-6+. The van der Waals surface area contributed by atoms with Gasteiger partial charge in [0.1, 0.15) is 0 Å². The molecule has 1 amide bonds. The van der Waals surface area contributed by atoms with Crippen molar-refractivity contribution < 1.29 is 9.90 Å². The lowest BCUT2D eigenvalue weighted by molar-refractivity contribution is -0.121. The monoisotopic (exact) mass is 340 g/mol. The summed E-state index contributed by atoms with van der Waals surface area (Å²) in [7, 11) is 0. The topological polar surface area (TPSA) is 52.6 Å². The van der Waals surface area contributed by atoms with E-state index in [0.717, 1.165) is 32.4 Å². The Labute approximate surface area is 149 Å². The molecule has 0 heterocycles. The minimum Gasteiger partial charge on any atom is -0.395 e. The van der Waals surface area contributed by atoms with Crippen LogP contribution in [0.2, 0.25) is 0 Å². The van der Waals surface area contributed by atoms with Crippen molar-refractivity contribution in [3.63, 3.8) is 0 Å². The number of nitrogens with one attached hydrogen (secondary N) is 1. The first kappa shape index (κ1) is 23.1. The number of carbonyl (C=O) groups is 1. The smallest absolute Gasteiger partial charge is 0.220 e. The van der Waals surface area contributed by atoms with Crippen molar-refractivity contribution in [1.29, 1.82) is 0 Å². The molecule has 4 nitrogen and oxygen atoms in total. The first-order valence-electron chi connectivity index (χ1n) is 9.99. The van der Waals surface area contributed by atoms with Gasteiger partial charge in [-0.25, -0.2) is 0 Å². The number of aliphatic hydroxyl groups excluding tert-OH is 1. The van der Waals surface area contributed by atoms with Crippen LogP contribution in [0.5, 0.6) is 0 Å². The molecule has 4 heteroatoms. The number of hydrogen-bond donors (Lipinski definition) is 2. The maximum atomic E-state index is 11.8. The Morgan fingerprint density at radius 3 is 2.42 bits per heavy atom. The average molecular weight is 341 g/mol. The van der Waals surface area contributed by atoms with E-state index in [2.05, 4.69) is 36.2 Å². The molecule has 0 aromatic carbocycles. The van der Waals surface area contributed by atoms with Gasteiger partial charge in [0.15, 0.2) is 0 Å². The third kappa shape index (κ3) is 16.0. The van der Waals surface area contributed by atoms with Crippen LogP contribution in [0.25, 0.3) is 0 Å². The molecule has 0 bridgehead atoms. The Bertz CT molecular complexity index is 306. The predicted molar refractivity (Wildman–Crippen MR) is 103 cm³/mol. The maximum Gasteiger partial charge on any atom is 0.220 e. The molecular weight excluding hydrogens is 300 g/mol. The van der Waals surface area contributed by atoms with Crippen molar-refractivity contribution in [2.45, 2.75) is 78.1 Å². The fraction of sp³-hybridized carbons (Fsp3) is 0.850. The third-order valence-electron chi connectivity index (χ3n) is 4.17. The highest BCUT2D eigenvalue weighted by molar-refractivity contribution is 5.75. The Kier molecular flexibility index (Phi) is 17.8. The highest BCUT2D eigenvalue weighted by Crippen LogP contribution is 2.05. The molecule has 2 N–H and O–H groups in total. The first-order valence-corrected chi connectivity index (χ1v) is 9.99. The van der Waals surface area contributed by atoms with E-state index in [0.29, 0.717) is 19.5 Å². The van der Waals surface area contributed by atoms with E-state index in [1.165, 1.54) is 38.5 Å². The van der Waals surface area contributed by atoms with Gasteiger partial charge >= 0.3 is 0 Å². The van der Waals surface area contributed by atoms with E-state index >= 15 is 0 Å². The van der Waals surface area contributed by atoms with Crippen molar-refractivity contribution in [3.05, 3.63) is 12.2 Å². The van der Waals surface area contributed by atoms with Gasteiger partial charge in [-0.15, -0.1) is 0 Å². The van der Waals surface area contributed by atoms with Crippen LogP contribution >= 0.6 is 0 Å². The molecule has 0 rings (SSSR count). The molecule has 142 valence electrons. The summed E-state index contributed by atoms with van der Waals surface area (Å²) in [6.45, 7) is 7.77. The van der Waals surface area contributed by atoms with Crippen LogP contribution in [0.1, 0.15) is 78.1 Å². The quantitative estimate of drug-likeness (QED) is 0.312. The third-order valence-corrected chi connectivity index (χ3v) is 4.17. The zero-order chi connectivity index (χ0) is 17.9. The SMILES string of the molecule is CC/C=C/CCCC(=O)NCCN(CCO)CCCCCCCC. The lowest BCUT2D eigenvalue weighted by Gasteiger charge is -2.21. The molecule has 0 fully saturated rings. The molecule has 0 atom stereocenters. The number of aliphatic hydroxyl groups is 1. The summed E-state index contributed by atoms with van der Waals surface area (Å²) in [6, 6.07) is 0. The number of amides is 1. The van der Waals surface area contributed by atoms with Gasteiger partial charge in [-0.1, -0.05) is 58.1 Å². The lowest BCUT2D eigenvalue weighted by Crippen LogP contribution is -2.36. The van der Waals surface area contributed by atoms with E-state index in [4.69, 9.17) is 5.11 Å². The minimum absolute atomic E-state index is 0.142. The summed E-state index contributed by atoms with van der Waals surface area (Å²) >= 11 is 0. The normalized spacial score (nSPS) is 11.5. The van der Waals surface area contributed by atoms with E-state index in [-0.39, 0.29) is 12.5 Å². The summed E-state index contributed by atoms with van der Waals surface area (Å²) in [5.74, 6) is 0.142. The fourth-order valence-electron chi connectivity index (χ4n) is 2.70. The highest BCUT2D eigenvalue weighted by atomic mass is 16.3. The summed E-state index contributed by atoms with van der Waals surface area (Å²) < 4.78 is 0. The van der Waals surface area contributed by atoms with Crippen LogP contribution in [0.15, 0.2) is 12.2 Å². The van der Waals surface area contributed by atoms with Crippen molar-refractivity contribution in [2.75, 3.05) is 32.8 Å². The van der Waals surface area contributed by atoms with Crippen molar-refractivity contribution in [2.24, 2.45) is 0 Å². The van der Waals surface area contributed by atoms with Gasteiger partial charge in [-0.05, 0) is 32.2 Å². The number of carbonyl (C=O) groups excluding carboxylic acids is 1. The second kappa shape index (κ2) is 18.5. The molecule has 0 aliphatic heterocycles. The Hall–Kier alpha value is -0.870. The molecule has 0 unspecified atom stereocenters. The molecule has 0 saturated heterocycles. The predicted octanol–water partition coefficient (Wildman–Crippen LogP) is 3.89. The number of allylic oxidation sites excluding steroid dienone is 2. The van der Waals surface area contributed by atoms with Gasteiger partial charge in [0.2, 0.25) is 5.91 Å². The lowest BCUT2D eigenvalue weighted by atomic mass is 10.1. The zero-order valence-corrected chi connectivity index (χ0v) is 16.1. The molecule has 0 saturated carbocycles. The Balaban J connectivity index is 3.68. The highest BCUT2D eigenvalue weighted by Gasteiger charge is 2.05. The first-order chi connectivity index (χ1) is 11.7. The minimum atomic E-state index is 0.142. The van der Waals surface area contributed by atoms with Crippen LogP contribution in [-0.4, -0.2) is 48.7 Å². The van der Waals surface area contributed by atoms with Gasteiger partial charge in [0, 0.05) is 26.1 Å². The van der Waals surface area contributed by atoms with E-state index in [9.17, 15) is 4.79 Å². The second-order valence-electron chi connectivity index (χ2n) is 6.45. The van der Waals surface area contributed by atoms with Crippen LogP contribution in [0, 0.1) is 0 Å². The number of hydrogen-bond acceptors (Lipinski definition) is 3. The average Bonchev–Trinajstić information content (AvgIpc) is 2.57. The summed E-state index contributed by atoms with van der Waals surface area (Å²) in [5, 5.41) is 12.2. The van der Waals surface area contributed by atoms with Gasteiger partial charge < -0.3 is 10.4 Å². The summed E-state index contributed by atoms with van der Waals surface area (Å²) in [4.78, 5) is 14.0. The maximum absolute atomic E-state index is 11.8. The van der Waals surface area contributed by atoms with E-state index in [1.807, 2.05) is 0 Å². The van der Waals surface area contributed by atoms with Gasteiger partial charge in [-0.2, -0.15) is 0 Å². The second-order valence-corrected chi connectivity index (χ2v) is 6.45. The zero-order valence-electron chi connectivity index (χ0n) is 16.1. The largest absolute Gasteiger partial charge is 0.395 e. The summed E-state index contributed by atoms with van der Waals surface area (Å²) in [6.07, 6.45) is 15.6. The molecule has 0 aliphatic rings. The molecular formula is C20H40N2O2. The Morgan fingerprint density at radius 2 is 1.71 bits per heavy atom. The Morgan fingerprint density at radius 1 is 0.958 bits per heavy atom. The molecule has 0 aliphatic carbocycles. The van der Waals surface area contributed by atoms with E-state index < -0.39 is 0 Å². The molecule has 0 aromatic heterocycles. The summed E-state index contributed by atoms with van der Waals surface area (Å²) in [5.41, 5.74) is 0. The van der Waals surface area contributed by atoms with Crippen molar-refractivity contribution in [1.82, 2.24) is 10.2 Å². The fourth-order valence-corrected chi connectivity index (χ4v) is 2.70. The molecule has 24 heavy (non-hydrogen) atoms.